The van der Waals surface area contributed by atoms with Gasteiger partial charge >= 0.3 is 0 Å². The molecule has 0 aliphatic heterocycles. The number of benzene rings is 2. The van der Waals surface area contributed by atoms with E-state index in [1.165, 1.54) is 7.11 Å². The molecule has 112 valence electrons. The van der Waals surface area contributed by atoms with Gasteiger partial charge < -0.3 is 10.1 Å². The van der Waals surface area contributed by atoms with Crippen LogP contribution in [0.5, 0.6) is 5.75 Å². The van der Waals surface area contributed by atoms with Crippen molar-refractivity contribution in [3.63, 3.8) is 0 Å². The topological polar surface area (TPSA) is 21.3 Å². The summed E-state index contributed by atoms with van der Waals surface area (Å²) in [7, 11) is 2.96. The summed E-state index contributed by atoms with van der Waals surface area (Å²) < 4.78 is 33.2. The van der Waals surface area contributed by atoms with Crippen LogP contribution in [0.3, 0.4) is 0 Å². The van der Waals surface area contributed by atoms with E-state index in [0.717, 1.165) is 12.1 Å². The molecule has 0 amide bonds. The third kappa shape index (κ3) is 3.28. The molecule has 0 aliphatic carbocycles. The minimum absolute atomic E-state index is 0.100. The molecular weight excluding hydrogens is 319 g/mol. The van der Waals surface area contributed by atoms with Gasteiger partial charge in [-0.15, -0.1) is 0 Å². The molecule has 0 aliphatic rings. The van der Waals surface area contributed by atoms with Crippen LogP contribution in [0.4, 0.5) is 8.78 Å². The Hall–Kier alpha value is -1.36. The van der Waals surface area contributed by atoms with Gasteiger partial charge in [0.2, 0.25) is 0 Å². The standard InChI is InChI=1S/C15H13Cl2F2NO/c1-20-15(8-3-4-10(16)11(17)5-8)14-12(18)6-9(21-2)7-13(14)19/h3-7,15,20H,1-2H3. The van der Waals surface area contributed by atoms with Gasteiger partial charge in [-0.1, -0.05) is 29.3 Å². The first kappa shape index (κ1) is 16.0. The molecule has 0 aromatic heterocycles. The molecule has 1 unspecified atom stereocenters. The molecule has 21 heavy (non-hydrogen) atoms. The van der Waals surface area contributed by atoms with Crippen molar-refractivity contribution < 1.29 is 13.5 Å². The van der Waals surface area contributed by atoms with Crippen LogP contribution >= 0.6 is 23.2 Å². The second kappa shape index (κ2) is 6.60. The predicted molar refractivity (Wildman–Crippen MR) is 80.3 cm³/mol. The lowest BCUT2D eigenvalue weighted by atomic mass is 9.97. The highest BCUT2D eigenvalue weighted by Gasteiger charge is 2.22. The predicted octanol–water partition coefficient (Wildman–Crippen LogP) is 4.59. The Morgan fingerprint density at radius 2 is 1.67 bits per heavy atom. The lowest BCUT2D eigenvalue weighted by Crippen LogP contribution is -2.20. The number of hydrogen-bond donors (Lipinski definition) is 1. The van der Waals surface area contributed by atoms with Gasteiger partial charge in [-0.3, -0.25) is 0 Å². The van der Waals surface area contributed by atoms with Gasteiger partial charge in [0, 0.05) is 17.7 Å². The first-order valence-corrected chi connectivity index (χ1v) is 6.88. The van der Waals surface area contributed by atoms with Crippen LogP contribution in [0.1, 0.15) is 17.2 Å². The molecule has 1 atom stereocenters. The minimum Gasteiger partial charge on any atom is -0.497 e. The minimum atomic E-state index is -0.697. The van der Waals surface area contributed by atoms with Gasteiger partial charge in [0.1, 0.15) is 17.4 Å². The van der Waals surface area contributed by atoms with Crippen LogP contribution in [0.25, 0.3) is 0 Å². The van der Waals surface area contributed by atoms with Crippen molar-refractivity contribution in [2.75, 3.05) is 14.2 Å². The maximum atomic E-state index is 14.2. The van der Waals surface area contributed by atoms with Crippen molar-refractivity contribution in [1.29, 1.82) is 0 Å². The second-order valence-electron chi connectivity index (χ2n) is 4.40. The Balaban J connectivity index is 2.53. The summed E-state index contributed by atoms with van der Waals surface area (Å²) in [6.07, 6.45) is 0. The van der Waals surface area contributed by atoms with Gasteiger partial charge in [0.15, 0.2) is 0 Å². The molecule has 0 spiro atoms. The highest BCUT2D eigenvalue weighted by atomic mass is 35.5. The lowest BCUT2D eigenvalue weighted by Gasteiger charge is -2.19. The molecule has 0 saturated heterocycles. The normalized spacial score (nSPS) is 12.3. The molecule has 2 nitrogen and oxygen atoms in total. The van der Waals surface area contributed by atoms with Gasteiger partial charge in [-0.2, -0.15) is 0 Å². The molecule has 2 aromatic rings. The Morgan fingerprint density at radius 3 is 2.14 bits per heavy atom. The molecule has 6 heteroatoms. The van der Waals surface area contributed by atoms with Gasteiger partial charge in [0.25, 0.3) is 0 Å². The summed E-state index contributed by atoms with van der Waals surface area (Å²) in [5, 5.41) is 3.58. The molecule has 0 heterocycles. The second-order valence-corrected chi connectivity index (χ2v) is 5.21. The van der Waals surface area contributed by atoms with E-state index in [0.29, 0.717) is 15.6 Å². The van der Waals surface area contributed by atoms with E-state index in [1.807, 2.05) is 0 Å². The third-order valence-corrected chi connectivity index (χ3v) is 3.88. The van der Waals surface area contributed by atoms with E-state index < -0.39 is 17.7 Å². The van der Waals surface area contributed by atoms with E-state index >= 15 is 0 Å². The summed E-state index contributed by atoms with van der Waals surface area (Å²) in [4.78, 5) is 0. The van der Waals surface area contributed by atoms with Crippen LogP contribution in [-0.2, 0) is 0 Å². The van der Waals surface area contributed by atoms with Crippen LogP contribution in [0, 0.1) is 11.6 Å². The van der Waals surface area contributed by atoms with Crippen molar-refractivity contribution in [3.8, 4) is 5.75 Å². The summed E-state index contributed by atoms with van der Waals surface area (Å²) in [5.74, 6) is -1.27. The van der Waals surface area contributed by atoms with Crippen molar-refractivity contribution in [2.24, 2.45) is 0 Å². The van der Waals surface area contributed by atoms with E-state index in [4.69, 9.17) is 27.9 Å². The molecule has 0 fully saturated rings. The first-order valence-electron chi connectivity index (χ1n) is 6.13. The number of methoxy groups -OCH3 is 1. The average Bonchev–Trinajstić information content (AvgIpc) is 2.45. The molecule has 1 N–H and O–H groups in total. The van der Waals surface area contributed by atoms with E-state index in [2.05, 4.69) is 5.32 Å². The van der Waals surface area contributed by atoms with E-state index in [9.17, 15) is 8.78 Å². The Bertz CT molecular complexity index is 641. The van der Waals surface area contributed by atoms with Crippen molar-refractivity contribution in [1.82, 2.24) is 5.32 Å². The average molecular weight is 332 g/mol. The highest BCUT2D eigenvalue weighted by molar-refractivity contribution is 6.42. The third-order valence-electron chi connectivity index (χ3n) is 3.14. The van der Waals surface area contributed by atoms with Gasteiger partial charge in [-0.25, -0.2) is 8.78 Å². The number of ether oxygens (including phenoxy) is 1. The molecule has 0 bridgehead atoms. The smallest absolute Gasteiger partial charge is 0.134 e. The molecule has 0 radical (unpaired) electrons. The Kier molecular flexibility index (Phi) is 5.04. The highest BCUT2D eigenvalue weighted by Crippen LogP contribution is 2.32. The Morgan fingerprint density at radius 1 is 1.05 bits per heavy atom. The molecular formula is C15H13Cl2F2NO. The summed E-state index contributed by atoms with van der Waals surface area (Å²) in [5.41, 5.74) is 0.506. The fraction of sp³-hybridized carbons (Fsp3) is 0.200. The number of halogens is 4. The van der Waals surface area contributed by atoms with Crippen LogP contribution in [-0.4, -0.2) is 14.2 Å². The summed E-state index contributed by atoms with van der Waals surface area (Å²) in [6, 6.07) is 6.42. The summed E-state index contributed by atoms with van der Waals surface area (Å²) >= 11 is 11.8. The van der Waals surface area contributed by atoms with Crippen molar-refractivity contribution in [2.45, 2.75) is 6.04 Å². The van der Waals surface area contributed by atoms with Crippen molar-refractivity contribution in [3.05, 3.63) is 63.1 Å². The molecule has 0 saturated carbocycles. The number of hydrogen-bond acceptors (Lipinski definition) is 2. The van der Waals surface area contributed by atoms with E-state index in [-0.39, 0.29) is 11.3 Å². The fourth-order valence-corrected chi connectivity index (χ4v) is 2.43. The molecule has 2 aromatic carbocycles. The maximum absolute atomic E-state index is 14.2. The van der Waals surface area contributed by atoms with Crippen molar-refractivity contribution >= 4 is 23.2 Å². The maximum Gasteiger partial charge on any atom is 0.134 e. The summed E-state index contributed by atoms with van der Waals surface area (Å²) in [6.45, 7) is 0. The van der Waals surface area contributed by atoms with Crippen LogP contribution in [0.2, 0.25) is 10.0 Å². The monoisotopic (exact) mass is 331 g/mol. The number of nitrogens with one attached hydrogen (secondary N) is 1. The first-order chi connectivity index (χ1) is 9.97. The zero-order valence-corrected chi connectivity index (χ0v) is 12.9. The van der Waals surface area contributed by atoms with Crippen LogP contribution in [0.15, 0.2) is 30.3 Å². The SMILES string of the molecule is CNC(c1ccc(Cl)c(Cl)c1)c1c(F)cc(OC)cc1F. The zero-order chi connectivity index (χ0) is 15.6. The Labute approximate surface area is 131 Å². The number of rotatable bonds is 4. The zero-order valence-electron chi connectivity index (χ0n) is 11.4. The quantitative estimate of drug-likeness (QED) is 0.884. The van der Waals surface area contributed by atoms with Gasteiger partial charge in [0.05, 0.1) is 23.2 Å². The van der Waals surface area contributed by atoms with Gasteiger partial charge in [-0.05, 0) is 24.7 Å². The van der Waals surface area contributed by atoms with E-state index in [1.54, 1.807) is 25.2 Å². The largest absolute Gasteiger partial charge is 0.497 e. The van der Waals surface area contributed by atoms with Crippen LogP contribution < -0.4 is 10.1 Å². The molecule has 2 rings (SSSR count). The fourth-order valence-electron chi connectivity index (χ4n) is 2.12. The lowest BCUT2D eigenvalue weighted by molar-refractivity contribution is 0.403.